The second-order valence-electron chi connectivity index (χ2n) is 7.07. The number of carbonyl (C=O) groups excluding carboxylic acids is 3. The largest absolute Gasteiger partial charge is 0.370 e. The summed E-state index contributed by atoms with van der Waals surface area (Å²) in [5.41, 5.74) is 6.61. The molecule has 0 aromatic heterocycles. The molecule has 6 heteroatoms. The maximum atomic E-state index is 14.6. The van der Waals surface area contributed by atoms with Gasteiger partial charge in [0.1, 0.15) is 5.82 Å². The lowest BCUT2D eigenvalue weighted by atomic mass is 9.89. The van der Waals surface area contributed by atoms with Crippen LogP contribution in [0, 0.1) is 11.7 Å². The van der Waals surface area contributed by atoms with Crippen LogP contribution in [-0.4, -0.2) is 35.6 Å². The van der Waals surface area contributed by atoms with Crippen LogP contribution in [0.2, 0.25) is 0 Å². The molecule has 1 fully saturated rings. The molecule has 2 amide bonds. The number of piperidine rings is 1. The smallest absolute Gasteiger partial charge is 0.223 e. The standard InChI is InChI=1S/C22H23FN2O3/c23-19-13-16(8-9-18(19)15-5-2-1-3-6-15)22(28)17-7-4-12-25(14-17)21(27)11-10-20(24)26/h1-3,5-6,8-9,13,17H,4,7,10-12,14H2,(H2,24,26)/t17-/m1/s1. The molecule has 0 aliphatic carbocycles. The van der Waals surface area contributed by atoms with Crippen LogP contribution in [0.1, 0.15) is 36.0 Å². The first-order valence-corrected chi connectivity index (χ1v) is 9.41. The number of benzene rings is 2. The summed E-state index contributed by atoms with van der Waals surface area (Å²) in [4.78, 5) is 37.5. The van der Waals surface area contributed by atoms with Crippen LogP contribution in [0.3, 0.4) is 0 Å². The van der Waals surface area contributed by atoms with Crippen LogP contribution in [0.5, 0.6) is 0 Å². The predicted molar refractivity (Wildman–Crippen MR) is 104 cm³/mol. The second-order valence-corrected chi connectivity index (χ2v) is 7.07. The molecule has 2 aromatic carbocycles. The van der Waals surface area contributed by atoms with Gasteiger partial charge in [0.15, 0.2) is 5.78 Å². The number of likely N-dealkylation sites (tertiary alicyclic amines) is 1. The molecule has 1 aliphatic heterocycles. The van der Waals surface area contributed by atoms with E-state index in [1.807, 2.05) is 30.3 Å². The Hall–Kier alpha value is -3.02. The molecular formula is C22H23FN2O3. The van der Waals surface area contributed by atoms with Gasteiger partial charge >= 0.3 is 0 Å². The Balaban J connectivity index is 1.70. The number of nitrogens with zero attached hydrogens (tertiary/aromatic N) is 1. The highest BCUT2D eigenvalue weighted by atomic mass is 19.1. The van der Waals surface area contributed by atoms with Crippen molar-refractivity contribution in [1.82, 2.24) is 4.90 Å². The fourth-order valence-corrected chi connectivity index (χ4v) is 3.56. The van der Waals surface area contributed by atoms with E-state index in [1.54, 1.807) is 17.0 Å². The second kappa shape index (κ2) is 8.78. The number of carbonyl (C=O) groups is 3. The van der Waals surface area contributed by atoms with Crippen molar-refractivity contribution in [2.75, 3.05) is 13.1 Å². The highest BCUT2D eigenvalue weighted by molar-refractivity contribution is 5.98. The Morgan fingerprint density at radius 1 is 1.07 bits per heavy atom. The van der Waals surface area contributed by atoms with E-state index in [-0.39, 0.29) is 30.4 Å². The van der Waals surface area contributed by atoms with Gasteiger partial charge in [-0.25, -0.2) is 4.39 Å². The molecule has 3 rings (SSSR count). The van der Waals surface area contributed by atoms with Gasteiger partial charge < -0.3 is 10.6 Å². The monoisotopic (exact) mass is 382 g/mol. The van der Waals surface area contributed by atoms with E-state index in [9.17, 15) is 18.8 Å². The van der Waals surface area contributed by atoms with E-state index in [0.717, 1.165) is 5.56 Å². The highest BCUT2D eigenvalue weighted by Crippen LogP contribution is 2.26. The summed E-state index contributed by atoms with van der Waals surface area (Å²) >= 11 is 0. The zero-order chi connectivity index (χ0) is 20.1. The van der Waals surface area contributed by atoms with Gasteiger partial charge in [-0.2, -0.15) is 0 Å². The molecule has 0 radical (unpaired) electrons. The quantitative estimate of drug-likeness (QED) is 0.779. The number of Topliss-reactive ketones (excluding diaryl/α,β-unsaturated/α-hetero) is 1. The third kappa shape index (κ3) is 4.63. The summed E-state index contributed by atoms with van der Waals surface area (Å²) in [5, 5.41) is 0. The third-order valence-electron chi connectivity index (χ3n) is 5.07. The zero-order valence-corrected chi connectivity index (χ0v) is 15.6. The minimum Gasteiger partial charge on any atom is -0.370 e. The van der Waals surface area contributed by atoms with Crippen molar-refractivity contribution in [1.29, 1.82) is 0 Å². The van der Waals surface area contributed by atoms with Crippen molar-refractivity contribution in [2.45, 2.75) is 25.7 Å². The minimum atomic E-state index is -0.521. The Morgan fingerprint density at radius 3 is 2.50 bits per heavy atom. The molecule has 1 aliphatic rings. The first-order valence-electron chi connectivity index (χ1n) is 9.41. The van der Waals surface area contributed by atoms with Gasteiger partial charge in [0.25, 0.3) is 0 Å². The van der Waals surface area contributed by atoms with Gasteiger partial charge in [0, 0.05) is 43.0 Å². The van der Waals surface area contributed by atoms with Crippen molar-refractivity contribution < 1.29 is 18.8 Å². The molecule has 0 spiro atoms. The van der Waals surface area contributed by atoms with E-state index >= 15 is 0 Å². The van der Waals surface area contributed by atoms with Crippen LogP contribution in [-0.2, 0) is 9.59 Å². The highest BCUT2D eigenvalue weighted by Gasteiger charge is 2.29. The first kappa shape index (κ1) is 19.7. The number of ketones is 1. The molecule has 146 valence electrons. The molecule has 0 bridgehead atoms. The fraction of sp³-hybridized carbons (Fsp3) is 0.318. The zero-order valence-electron chi connectivity index (χ0n) is 15.6. The van der Waals surface area contributed by atoms with Crippen LogP contribution in [0.4, 0.5) is 4.39 Å². The summed E-state index contributed by atoms with van der Waals surface area (Å²) in [5.74, 6) is -1.67. The van der Waals surface area contributed by atoms with E-state index in [4.69, 9.17) is 5.73 Å². The van der Waals surface area contributed by atoms with Crippen molar-refractivity contribution in [3.05, 3.63) is 59.9 Å². The SMILES string of the molecule is NC(=O)CCC(=O)N1CCC[C@@H](C(=O)c2ccc(-c3ccccc3)c(F)c2)C1. The molecule has 5 nitrogen and oxygen atoms in total. The summed E-state index contributed by atoms with van der Waals surface area (Å²) < 4.78 is 14.6. The Morgan fingerprint density at radius 2 is 1.82 bits per heavy atom. The summed E-state index contributed by atoms with van der Waals surface area (Å²) in [6.07, 6.45) is 1.40. The maximum absolute atomic E-state index is 14.6. The average Bonchev–Trinajstić information content (AvgIpc) is 2.72. The molecule has 0 unspecified atom stereocenters. The van der Waals surface area contributed by atoms with Crippen LogP contribution in [0.15, 0.2) is 48.5 Å². The molecule has 1 saturated heterocycles. The Bertz CT molecular complexity index is 883. The maximum Gasteiger partial charge on any atom is 0.223 e. The number of halogens is 1. The summed E-state index contributed by atoms with van der Waals surface area (Å²) in [6.45, 7) is 0.848. The van der Waals surface area contributed by atoms with Gasteiger partial charge in [0.2, 0.25) is 11.8 Å². The van der Waals surface area contributed by atoms with Crippen LogP contribution < -0.4 is 5.73 Å². The lowest BCUT2D eigenvalue weighted by Crippen LogP contribution is -2.42. The first-order chi connectivity index (χ1) is 13.5. The van der Waals surface area contributed by atoms with Gasteiger partial charge in [-0.05, 0) is 24.5 Å². The lowest BCUT2D eigenvalue weighted by Gasteiger charge is -2.32. The van der Waals surface area contributed by atoms with Gasteiger partial charge in [-0.15, -0.1) is 0 Å². The van der Waals surface area contributed by atoms with E-state index in [2.05, 4.69) is 0 Å². The van der Waals surface area contributed by atoms with E-state index in [0.29, 0.717) is 37.1 Å². The number of primary amides is 1. The van der Waals surface area contributed by atoms with Gasteiger partial charge in [-0.3, -0.25) is 14.4 Å². The Labute approximate surface area is 163 Å². The predicted octanol–water partition coefficient (Wildman–Crippen LogP) is 3.18. The number of amides is 2. The van der Waals surface area contributed by atoms with Crippen LogP contribution in [0.25, 0.3) is 11.1 Å². The van der Waals surface area contributed by atoms with Crippen molar-refractivity contribution >= 4 is 17.6 Å². The molecule has 1 heterocycles. The van der Waals surface area contributed by atoms with E-state index in [1.165, 1.54) is 6.07 Å². The average molecular weight is 382 g/mol. The molecule has 2 N–H and O–H groups in total. The third-order valence-corrected chi connectivity index (χ3v) is 5.07. The molecule has 28 heavy (non-hydrogen) atoms. The van der Waals surface area contributed by atoms with Gasteiger partial charge in [-0.1, -0.05) is 42.5 Å². The number of hydrogen-bond acceptors (Lipinski definition) is 3. The van der Waals surface area contributed by atoms with Crippen molar-refractivity contribution in [2.24, 2.45) is 11.7 Å². The summed E-state index contributed by atoms with van der Waals surface area (Å²) in [6, 6.07) is 13.7. The van der Waals surface area contributed by atoms with Crippen molar-refractivity contribution in [3.63, 3.8) is 0 Å². The van der Waals surface area contributed by atoms with E-state index < -0.39 is 11.7 Å². The summed E-state index contributed by atoms with van der Waals surface area (Å²) in [7, 11) is 0. The molecule has 0 saturated carbocycles. The molecular weight excluding hydrogens is 359 g/mol. The number of nitrogens with two attached hydrogens (primary N) is 1. The fourth-order valence-electron chi connectivity index (χ4n) is 3.56. The van der Waals surface area contributed by atoms with Gasteiger partial charge in [0.05, 0.1) is 0 Å². The topological polar surface area (TPSA) is 80.5 Å². The van der Waals surface area contributed by atoms with Crippen molar-refractivity contribution in [3.8, 4) is 11.1 Å². The minimum absolute atomic E-state index is 0.000105. The number of hydrogen-bond donors (Lipinski definition) is 1. The Kier molecular flexibility index (Phi) is 6.19. The van der Waals surface area contributed by atoms with Crippen LogP contribution >= 0.6 is 0 Å². The normalized spacial score (nSPS) is 16.6. The molecule has 2 aromatic rings. The lowest BCUT2D eigenvalue weighted by molar-refractivity contribution is -0.134. The molecule has 1 atom stereocenters. The number of rotatable bonds is 6.